The minimum atomic E-state index is -0.539. The molecule has 1 aliphatic rings. The van der Waals surface area contributed by atoms with Crippen molar-refractivity contribution < 1.29 is 14.3 Å². The summed E-state index contributed by atoms with van der Waals surface area (Å²) in [6, 6.07) is 7.76. The number of ether oxygens (including phenoxy) is 1. The molecule has 0 unspecified atom stereocenters. The van der Waals surface area contributed by atoms with Gasteiger partial charge >= 0.3 is 11.8 Å². The van der Waals surface area contributed by atoms with Crippen LogP contribution in [0.25, 0.3) is 0 Å². The highest BCUT2D eigenvalue weighted by molar-refractivity contribution is 6.40. The fraction of sp³-hybridized carbons (Fsp3) is 0.500. The monoisotopic (exact) mass is 290 g/mol. The van der Waals surface area contributed by atoms with E-state index in [1.807, 2.05) is 31.2 Å². The van der Waals surface area contributed by atoms with E-state index in [0.29, 0.717) is 32.7 Å². The van der Waals surface area contributed by atoms with E-state index in [4.69, 9.17) is 4.74 Å². The SMILES string of the molecule is CCOCCCNC(=O)C(=O)N1CCCc2ccccc21. The molecule has 0 fully saturated rings. The van der Waals surface area contributed by atoms with E-state index >= 15 is 0 Å². The van der Waals surface area contributed by atoms with Crippen LogP contribution in [0.3, 0.4) is 0 Å². The van der Waals surface area contributed by atoms with Crippen molar-refractivity contribution in [2.45, 2.75) is 26.2 Å². The maximum atomic E-state index is 12.3. The Balaban J connectivity index is 1.90. The van der Waals surface area contributed by atoms with Crippen molar-refractivity contribution in [1.82, 2.24) is 5.32 Å². The van der Waals surface area contributed by atoms with Gasteiger partial charge in [-0.15, -0.1) is 0 Å². The van der Waals surface area contributed by atoms with E-state index in [0.717, 1.165) is 24.1 Å². The smallest absolute Gasteiger partial charge is 0.316 e. The average Bonchev–Trinajstić information content (AvgIpc) is 2.53. The fourth-order valence-corrected chi connectivity index (χ4v) is 2.46. The minimum absolute atomic E-state index is 0.458. The van der Waals surface area contributed by atoms with Crippen LogP contribution in [-0.4, -0.2) is 38.1 Å². The highest BCUT2D eigenvalue weighted by atomic mass is 16.5. The zero-order valence-electron chi connectivity index (χ0n) is 12.4. The number of para-hydroxylation sites is 1. The second kappa shape index (κ2) is 7.78. The molecule has 0 aliphatic carbocycles. The van der Waals surface area contributed by atoms with Gasteiger partial charge in [-0.1, -0.05) is 18.2 Å². The van der Waals surface area contributed by atoms with Crippen molar-refractivity contribution in [3.05, 3.63) is 29.8 Å². The van der Waals surface area contributed by atoms with Crippen LogP contribution >= 0.6 is 0 Å². The number of nitrogens with zero attached hydrogens (tertiary/aromatic N) is 1. The van der Waals surface area contributed by atoms with Gasteiger partial charge in [0.05, 0.1) is 0 Å². The minimum Gasteiger partial charge on any atom is -0.382 e. The molecule has 21 heavy (non-hydrogen) atoms. The van der Waals surface area contributed by atoms with Gasteiger partial charge in [-0.3, -0.25) is 9.59 Å². The van der Waals surface area contributed by atoms with Crippen LogP contribution in [-0.2, 0) is 20.7 Å². The van der Waals surface area contributed by atoms with Crippen LogP contribution < -0.4 is 10.2 Å². The van der Waals surface area contributed by atoms with Crippen molar-refractivity contribution in [3.63, 3.8) is 0 Å². The van der Waals surface area contributed by atoms with Crippen molar-refractivity contribution in [2.24, 2.45) is 0 Å². The lowest BCUT2D eigenvalue weighted by Crippen LogP contribution is -2.45. The Bertz CT molecular complexity index is 502. The van der Waals surface area contributed by atoms with E-state index in [2.05, 4.69) is 5.32 Å². The van der Waals surface area contributed by atoms with Gasteiger partial charge in [0.1, 0.15) is 0 Å². The average molecular weight is 290 g/mol. The van der Waals surface area contributed by atoms with Gasteiger partial charge in [0.2, 0.25) is 0 Å². The molecule has 5 heteroatoms. The summed E-state index contributed by atoms with van der Waals surface area (Å²) in [5, 5.41) is 2.66. The molecular formula is C16H22N2O3. The normalized spacial score (nSPS) is 13.7. The van der Waals surface area contributed by atoms with Crippen molar-refractivity contribution in [3.8, 4) is 0 Å². The lowest BCUT2D eigenvalue weighted by molar-refractivity contribution is -0.137. The molecule has 0 atom stereocenters. The molecule has 5 nitrogen and oxygen atoms in total. The van der Waals surface area contributed by atoms with Crippen molar-refractivity contribution >= 4 is 17.5 Å². The van der Waals surface area contributed by atoms with E-state index in [9.17, 15) is 9.59 Å². The standard InChI is InChI=1S/C16H22N2O3/c1-2-21-12-6-10-17-15(19)16(20)18-11-5-8-13-7-3-4-9-14(13)18/h3-4,7,9H,2,5-6,8,10-12H2,1H3,(H,17,19). The quantitative estimate of drug-likeness (QED) is 0.660. The number of benzene rings is 1. The Kier molecular flexibility index (Phi) is 5.75. The van der Waals surface area contributed by atoms with E-state index in [1.165, 1.54) is 0 Å². The summed E-state index contributed by atoms with van der Waals surface area (Å²) in [4.78, 5) is 25.8. The first-order chi connectivity index (χ1) is 10.2. The fourth-order valence-electron chi connectivity index (χ4n) is 2.46. The number of amides is 2. The largest absolute Gasteiger partial charge is 0.382 e. The van der Waals surface area contributed by atoms with Crippen LogP contribution in [0.4, 0.5) is 5.69 Å². The van der Waals surface area contributed by atoms with E-state index in [-0.39, 0.29) is 0 Å². The molecule has 0 spiro atoms. The van der Waals surface area contributed by atoms with Gasteiger partial charge in [0.15, 0.2) is 0 Å². The Morgan fingerprint density at radius 1 is 1.33 bits per heavy atom. The number of nitrogens with one attached hydrogen (secondary N) is 1. The molecule has 0 bridgehead atoms. The summed E-state index contributed by atoms with van der Waals surface area (Å²) in [5.41, 5.74) is 1.99. The lowest BCUT2D eigenvalue weighted by Gasteiger charge is -2.28. The second-order valence-corrected chi connectivity index (χ2v) is 5.00. The van der Waals surface area contributed by atoms with Gasteiger partial charge in [-0.25, -0.2) is 0 Å². The first-order valence-electron chi connectivity index (χ1n) is 7.49. The number of aryl methyl sites for hydroxylation is 1. The zero-order chi connectivity index (χ0) is 15.1. The molecule has 1 aliphatic heterocycles. The topological polar surface area (TPSA) is 58.6 Å². The molecule has 1 aromatic carbocycles. The summed E-state index contributed by atoms with van der Waals surface area (Å²) in [6.45, 7) is 4.24. The van der Waals surface area contributed by atoms with E-state index < -0.39 is 11.8 Å². The molecule has 0 aromatic heterocycles. The third-order valence-corrected chi connectivity index (χ3v) is 3.50. The molecular weight excluding hydrogens is 268 g/mol. The molecule has 0 saturated carbocycles. The predicted molar refractivity (Wildman–Crippen MR) is 81.2 cm³/mol. The van der Waals surface area contributed by atoms with Crippen molar-refractivity contribution in [1.29, 1.82) is 0 Å². The van der Waals surface area contributed by atoms with E-state index in [1.54, 1.807) is 4.90 Å². The molecule has 1 N–H and O–H groups in total. The zero-order valence-corrected chi connectivity index (χ0v) is 12.4. The first kappa shape index (κ1) is 15.5. The summed E-state index contributed by atoms with van der Waals surface area (Å²) < 4.78 is 5.19. The first-order valence-corrected chi connectivity index (χ1v) is 7.49. The third-order valence-electron chi connectivity index (χ3n) is 3.50. The molecule has 1 heterocycles. The van der Waals surface area contributed by atoms with Crippen LogP contribution in [0.1, 0.15) is 25.3 Å². The molecule has 2 amide bonds. The maximum Gasteiger partial charge on any atom is 0.316 e. The lowest BCUT2D eigenvalue weighted by atomic mass is 10.0. The third kappa shape index (κ3) is 4.04. The highest BCUT2D eigenvalue weighted by Crippen LogP contribution is 2.26. The van der Waals surface area contributed by atoms with Gasteiger partial charge in [-0.05, 0) is 37.8 Å². The number of hydrogen-bond donors (Lipinski definition) is 1. The van der Waals surface area contributed by atoms with Gasteiger partial charge in [-0.2, -0.15) is 0 Å². The number of carbonyl (C=O) groups excluding carboxylic acids is 2. The van der Waals surface area contributed by atoms with Crippen LogP contribution in [0.15, 0.2) is 24.3 Å². The second-order valence-electron chi connectivity index (χ2n) is 5.00. The van der Waals surface area contributed by atoms with Gasteiger partial charge < -0.3 is 15.0 Å². The van der Waals surface area contributed by atoms with Crippen LogP contribution in [0.5, 0.6) is 0 Å². The molecule has 0 saturated heterocycles. The summed E-state index contributed by atoms with van der Waals surface area (Å²) in [7, 11) is 0. The predicted octanol–water partition coefficient (Wildman–Crippen LogP) is 1.51. The number of hydrogen-bond acceptors (Lipinski definition) is 3. The molecule has 0 radical (unpaired) electrons. The van der Waals surface area contributed by atoms with Crippen LogP contribution in [0, 0.1) is 0 Å². The van der Waals surface area contributed by atoms with Crippen molar-refractivity contribution in [2.75, 3.05) is 31.2 Å². The van der Waals surface area contributed by atoms with Gasteiger partial charge in [0.25, 0.3) is 0 Å². The summed E-state index contributed by atoms with van der Waals surface area (Å²) in [6.07, 6.45) is 2.56. The molecule has 2 rings (SSSR count). The Hall–Kier alpha value is -1.88. The number of carbonyl (C=O) groups is 2. The molecule has 114 valence electrons. The Morgan fingerprint density at radius 3 is 2.95 bits per heavy atom. The Morgan fingerprint density at radius 2 is 2.14 bits per heavy atom. The van der Waals surface area contributed by atoms with Crippen LogP contribution in [0.2, 0.25) is 0 Å². The maximum absolute atomic E-state index is 12.3. The van der Waals surface area contributed by atoms with Gasteiger partial charge in [0, 0.05) is 32.0 Å². The summed E-state index contributed by atoms with van der Waals surface area (Å²) in [5.74, 6) is -1.01. The highest BCUT2D eigenvalue weighted by Gasteiger charge is 2.26. The number of anilines is 1. The molecule has 1 aromatic rings. The number of rotatable bonds is 5. The number of fused-ring (bicyclic) bond motifs is 1. The summed E-state index contributed by atoms with van der Waals surface area (Å²) >= 11 is 0. The Labute approximate surface area is 125 Å².